The maximum atomic E-state index is 10.8. The smallest absolute Gasteiger partial charge is 0.0715 e. The molecule has 0 N–H and O–H groups in total. The summed E-state index contributed by atoms with van der Waals surface area (Å²) in [5.74, 6) is -1.18. The first-order chi connectivity index (χ1) is 12.2. The molecule has 3 aromatic rings. The molecule has 0 saturated carbocycles. The number of carbonyl (C=O) groups is 1. The van der Waals surface area contributed by atoms with Gasteiger partial charge >= 0.3 is 0 Å². The van der Waals surface area contributed by atoms with Crippen LogP contribution in [0.2, 0.25) is 0 Å². The van der Waals surface area contributed by atoms with Crippen LogP contribution in [0.4, 0.5) is 5.69 Å². The van der Waals surface area contributed by atoms with E-state index in [0.717, 1.165) is 16.8 Å². The number of aromatic carboxylic acids is 1. The third kappa shape index (κ3) is 4.54. The van der Waals surface area contributed by atoms with Gasteiger partial charge in [-0.05, 0) is 28.8 Å². The van der Waals surface area contributed by atoms with E-state index in [1.54, 1.807) is 18.3 Å². The maximum Gasteiger partial charge on any atom is 0.0715 e. The minimum absolute atomic E-state index is 0.154. The quantitative estimate of drug-likeness (QED) is 0.516. The second kappa shape index (κ2) is 7.93. The van der Waals surface area contributed by atoms with Crippen molar-refractivity contribution in [3.8, 4) is 0 Å². The van der Waals surface area contributed by atoms with Crippen molar-refractivity contribution in [1.29, 1.82) is 0 Å². The summed E-state index contributed by atoms with van der Waals surface area (Å²) in [5, 5.41) is 17.3. The molecule has 0 aliphatic rings. The zero-order valence-electron chi connectivity index (χ0n) is 13.6. The third-order valence-electron chi connectivity index (χ3n) is 3.72. The van der Waals surface area contributed by atoms with Gasteiger partial charge in [0.25, 0.3) is 0 Å². The lowest BCUT2D eigenvalue weighted by Crippen LogP contribution is -2.22. The first-order valence-corrected chi connectivity index (χ1v) is 7.94. The molecular weight excluding hydrogens is 312 g/mol. The van der Waals surface area contributed by atoms with Gasteiger partial charge in [0.2, 0.25) is 0 Å². The molecular formula is C21H17N2O2-. The molecule has 0 amide bonds. The maximum absolute atomic E-state index is 10.8. The topological polar surface area (TPSA) is 55.7 Å². The van der Waals surface area contributed by atoms with Gasteiger partial charge in [0.05, 0.1) is 24.4 Å². The number of carbonyl (C=O) groups excluding carboxylic acids is 1. The standard InChI is InChI=1S/C21H18N2O2/c24-21(25)19-13-11-17(12-14-19)15-22-23(20-9-5-2-6-10-20)16-18-7-3-1-4-8-18/h1-15H,16H2,(H,24,25)/p-1/b22-15-. The van der Waals surface area contributed by atoms with Gasteiger partial charge in [0.15, 0.2) is 0 Å². The Labute approximate surface area is 146 Å². The van der Waals surface area contributed by atoms with Gasteiger partial charge in [-0.15, -0.1) is 0 Å². The molecule has 124 valence electrons. The van der Waals surface area contributed by atoms with E-state index in [9.17, 15) is 9.90 Å². The lowest BCUT2D eigenvalue weighted by Gasteiger charge is -2.19. The Kier molecular flexibility index (Phi) is 5.22. The first-order valence-electron chi connectivity index (χ1n) is 7.94. The Hall–Kier alpha value is -3.40. The van der Waals surface area contributed by atoms with Gasteiger partial charge in [-0.3, -0.25) is 5.01 Å². The van der Waals surface area contributed by atoms with Crippen LogP contribution in [0.25, 0.3) is 0 Å². The fraction of sp³-hybridized carbons (Fsp3) is 0.0476. The van der Waals surface area contributed by atoms with E-state index in [0.29, 0.717) is 6.54 Å². The van der Waals surface area contributed by atoms with E-state index < -0.39 is 5.97 Å². The van der Waals surface area contributed by atoms with Gasteiger partial charge in [0.1, 0.15) is 0 Å². The molecule has 3 rings (SSSR count). The molecule has 4 nitrogen and oxygen atoms in total. The summed E-state index contributed by atoms with van der Waals surface area (Å²) in [4.78, 5) is 10.8. The van der Waals surface area contributed by atoms with Crippen molar-refractivity contribution in [3.63, 3.8) is 0 Å². The van der Waals surface area contributed by atoms with Gasteiger partial charge < -0.3 is 9.90 Å². The zero-order chi connectivity index (χ0) is 17.5. The molecule has 0 aliphatic carbocycles. The van der Waals surface area contributed by atoms with Crippen LogP contribution in [-0.4, -0.2) is 12.2 Å². The van der Waals surface area contributed by atoms with Crippen molar-refractivity contribution in [1.82, 2.24) is 0 Å². The summed E-state index contributed by atoms with van der Waals surface area (Å²) in [5.41, 5.74) is 3.10. The van der Waals surface area contributed by atoms with E-state index >= 15 is 0 Å². The Morgan fingerprint density at radius 2 is 1.48 bits per heavy atom. The van der Waals surface area contributed by atoms with Crippen molar-refractivity contribution in [3.05, 3.63) is 102 Å². The van der Waals surface area contributed by atoms with Crippen LogP contribution in [-0.2, 0) is 6.54 Å². The Bertz CT molecular complexity index is 844. The number of rotatable bonds is 6. The van der Waals surface area contributed by atoms with Crippen molar-refractivity contribution in [2.45, 2.75) is 6.54 Å². The molecule has 0 unspecified atom stereocenters. The van der Waals surface area contributed by atoms with Crippen molar-refractivity contribution < 1.29 is 9.90 Å². The van der Waals surface area contributed by atoms with E-state index in [4.69, 9.17) is 0 Å². The molecule has 0 radical (unpaired) electrons. The molecule has 0 aromatic heterocycles. The highest BCUT2D eigenvalue weighted by molar-refractivity contribution is 5.88. The fourth-order valence-corrected chi connectivity index (χ4v) is 2.40. The van der Waals surface area contributed by atoms with Gasteiger partial charge in [-0.25, -0.2) is 0 Å². The highest BCUT2D eigenvalue weighted by Crippen LogP contribution is 2.17. The number of anilines is 1. The average molecular weight is 329 g/mol. The summed E-state index contributed by atoms with van der Waals surface area (Å²) in [7, 11) is 0. The number of hydrogen-bond acceptors (Lipinski definition) is 4. The normalized spacial score (nSPS) is 10.7. The summed E-state index contributed by atoms with van der Waals surface area (Å²) in [6, 6.07) is 26.4. The van der Waals surface area contributed by atoms with Crippen LogP contribution < -0.4 is 10.1 Å². The molecule has 0 atom stereocenters. The van der Waals surface area contributed by atoms with Crippen molar-refractivity contribution >= 4 is 17.9 Å². The zero-order valence-corrected chi connectivity index (χ0v) is 13.6. The largest absolute Gasteiger partial charge is 0.545 e. The number of carboxylic acids is 1. The molecule has 25 heavy (non-hydrogen) atoms. The van der Waals surface area contributed by atoms with E-state index in [2.05, 4.69) is 17.2 Å². The summed E-state index contributed by atoms with van der Waals surface area (Å²) < 4.78 is 0. The average Bonchev–Trinajstić information content (AvgIpc) is 2.67. The fourth-order valence-electron chi connectivity index (χ4n) is 2.40. The number of benzene rings is 3. The minimum Gasteiger partial charge on any atom is -0.545 e. The highest BCUT2D eigenvalue weighted by Gasteiger charge is 2.05. The number of hydrazone groups is 1. The SMILES string of the molecule is O=C([O-])c1ccc(/C=N\N(Cc2ccccc2)c2ccccc2)cc1. The molecule has 4 heteroatoms. The van der Waals surface area contributed by atoms with Crippen LogP contribution in [0, 0.1) is 0 Å². The van der Waals surface area contributed by atoms with Crippen LogP contribution in [0.15, 0.2) is 90.0 Å². The minimum atomic E-state index is -1.18. The number of hydrogen-bond donors (Lipinski definition) is 0. The van der Waals surface area contributed by atoms with Crippen LogP contribution in [0.3, 0.4) is 0 Å². The van der Waals surface area contributed by atoms with Gasteiger partial charge in [0, 0.05) is 0 Å². The van der Waals surface area contributed by atoms with Gasteiger partial charge in [-0.2, -0.15) is 5.10 Å². The molecule has 0 spiro atoms. The summed E-state index contributed by atoms with van der Waals surface area (Å²) in [6.45, 7) is 0.637. The summed E-state index contributed by atoms with van der Waals surface area (Å²) in [6.07, 6.45) is 1.72. The monoisotopic (exact) mass is 329 g/mol. The number of carboxylic acid groups (broad SMARTS) is 1. The Morgan fingerprint density at radius 1 is 0.880 bits per heavy atom. The number of para-hydroxylation sites is 1. The summed E-state index contributed by atoms with van der Waals surface area (Å²) >= 11 is 0. The second-order valence-electron chi connectivity index (χ2n) is 5.53. The molecule has 3 aromatic carbocycles. The lowest BCUT2D eigenvalue weighted by atomic mass is 10.1. The molecule has 0 saturated heterocycles. The van der Waals surface area contributed by atoms with Crippen LogP contribution in [0.1, 0.15) is 21.5 Å². The highest BCUT2D eigenvalue weighted by atomic mass is 16.4. The molecule has 0 heterocycles. The first kappa shape index (κ1) is 16.5. The van der Waals surface area contributed by atoms with Crippen molar-refractivity contribution in [2.75, 3.05) is 5.01 Å². The molecule has 0 bridgehead atoms. The predicted octanol–water partition coefficient (Wildman–Crippen LogP) is 3.09. The molecule has 0 aliphatic heterocycles. The van der Waals surface area contributed by atoms with Crippen LogP contribution >= 0.6 is 0 Å². The van der Waals surface area contributed by atoms with Crippen molar-refractivity contribution in [2.24, 2.45) is 5.10 Å². The van der Waals surface area contributed by atoms with E-state index in [1.807, 2.05) is 53.5 Å². The molecule has 0 fully saturated rings. The predicted molar refractivity (Wildman–Crippen MR) is 97.4 cm³/mol. The van der Waals surface area contributed by atoms with Crippen LogP contribution in [0.5, 0.6) is 0 Å². The Balaban J connectivity index is 1.83. The Morgan fingerprint density at radius 3 is 2.08 bits per heavy atom. The third-order valence-corrected chi connectivity index (χ3v) is 3.72. The lowest BCUT2D eigenvalue weighted by molar-refractivity contribution is -0.255. The van der Waals surface area contributed by atoms with Gasteiger partial charge in [-0.1, -0.05) is 72.8 Å². The second-order valence-corrected chi connectivity index (χ2v) is 5.53. The number of nitrogens with zero attached hydrogens (tertiary/aromatic N) is 2. The van der Waals surface area contributed by atoms with E-state index in [1.165, 1.54) is 12.1 Å². The van der Waals surface area contributed by atoms with E-state index in [-0.39, 0.29) is 5.56 Å².